The van der Waals surface area contributed by atoms with E-state index >= 15 is 0 Å². The van der Waals surface area contributed by atoms with Crippen LogP contribution in [-0.2, 0) is 6.54 Å². The lowest BCUT2D eigenvalue weighted by Crippen LogP contribution is -2.02. The Morgan fingerprint density at radius 1 is 1.27 bits per heavy atom. The Morgan fingerprint density at radius 3 is 2.73 bits per heavy atom. The van der Waals surface area contributed by atoms with Gasteiger partial charge in [0.05, 0.1) is 0 Å². The molecular formula is C11H14N4. The summed E-state index contributed by atoms with van der Waals surface area (Å²) in [5.74, 6) is 1.47. The molecule has 1 aromatic heterocycles. The van der Waals surface area contributed by atoms with Crippen LogP contribution in [0, 0.1) is 13.8 Å². The van der Waals surface area contributed by atoms with E-state index in [2.05, 4.69) is 39.6 Å². The Hall–Kier alpha value is -1.84. The van der Waals surface area contributed by atoms with E-state index in [4.69, 9.17) is 0 Å². The number of aromatic nitrogens is 3. The van der Waals surface area contributed by atoms with Crippen LogP contribution < -0.4 is 5.32 Å². The lowest BCUT2D eigenvalue weighted by Gasteiger charge is -2.05. The molecule has 0 aliphatic rings. The van der Waals surface area contributed by atoms with Gasteiger partial charge >= 0.3 is 0 Å². The monoisotopic (exact) mass is 202 g/mol. The summed E-state index contributed by atoms with van der Waals surface area (Å²) in [5, 5.41) is 9.98. The highest BCUT2D eigenvalue weighted by molar-refractivity contribution is 5.31. The highest BCUT2D eigenvalue weighted by Gasteiger charge is 2.00. The lowest BCUT2D eigenvalue weighted by molar-refractivity contribution is 1.02. The summed E-state index contributed by atoms with van der Waals surface area (Å²) in [7, 11) is 0. The Morgan fingerprint density at radius 2 is 2.07 bits per heavy atom. The maximum absolute atomic E-state index is 4.18. The predicted molar refractivity (Wildman–Crippen MR) is 59.6 cm³/mol. The lowest BCUT2D eigenvalue weighted by atomic mass is 10.1. The fraction of sp³-hybridized carbons (Fsp3) is 0.273. The van der Waals surface area contributed by atoms with E-state index in [1.165, 1.54) is 11.1 Å². The van der Waals surface area contributed by atoms with Crippen molar-refractivity contribution in [1.82, 2.24) is 15.2 Å². The third-order valence-electron chi connectivity index (χ3n) is 2.30. The molecule has 0 unspecified atom stereocenters. The second-order valence-electron chi connectivity index (χ2n) is 3.52. The predicted octanol–water partition coefficient (Wildman–Crippen LogP) is 2.03. The van der Waals surface area contributed by atoms with Crippen LogP contribution in [0.15, 0.2) is 24.3 Å². The van der Waals surface area contributed by atoms with Gasteiger partial charge in [-0.15, -0.1) is 5.10 Å². The van der Waals surface area contributed by atoms with Crippen LogP contribution in [0.3, 0.4) is 0 Å². The summed E-state index contributed by atoms with van der Waals surface area (Å²) in [5.41, 5.74) is 2.54. The molecule has 0 aliphatic carbocycles. The molecule has 0 saturated carbocycles. The zero-order valence-electron chi connectivity index (χ0n) is 8.91. The van der Waals surface area contributed by atoms with Crippen molar-refractivity contribution in [2.24, 2.45) is 0 Å². The number of nitrogens with one attached hydrogen (secondary N) is 2. The van der Waals surface area contributed by atoms with Crippen molar-refractivity contribution in [3.05, 3.63) is 41.2 Å². The minimum absolute atomic E-state index is 0.649. The highest BCUT2D eigenvalue weighted by Crippen LogP contribution is 2.08. The first-order valence-electron chi connectivity index (χ1n) is 4.93. The zero-order valence-corrected chi connectivity index (χ0v) is 8.91. The number of aromatic amines is 1. The molecular weight excluding hydrogens is 188 g/mol. The first-order chi connectivity index (χ1) is 7.25. The molecule has 0 bridgehead atoms. The van der Waals surface area contributed by atoms with Crippen LogP contribution >= 0.6 is 0 Å². The molecule has 15 heavy (non-hydrogen) atoms. The van der Waals surface area contributed by atoms with Gasteiger partial charge in [-0.2, -0.15) is 4.98 Å². The second-order valence-corrected chi connectivity index (χ2v) is 3.52. The van der Waals surface area contributed by atoms with Gasteiger partial charge in [-0.1, -0.05) is 24.3 Å². The summed E-state index contributed by atoms with van der Waals surface area (Å²) in [6.07, 6.45) is 0. The molecule has 2 aromatic rings. The fourth-order valence-corrected chi connectivity index (χ4v) is 1.40. The van der Waals surface area contributed by atoms with Gasteiger partial charge in [0.15, 0.2) is 0 Å². The van der Waals surface area contributed by atoms with E-state index in [1.807, 2.05) is 19.1 Å². The number of H-pyrrole nitrogens is 1. The van der Waals surface area contributed by atoms with E-state index in [-0.39, 0.29) is 0 Å². The van der Waals surface area contributed by atoms with Gasteiger partial charge in [-0.3, -0.25) is 5.10 Å². The van der Waals surface area contributed by atoms with Gasteiger partial charge in [-0.25, -0.2) is 0 Å². The van der Waals surface area contributed by atoms with Gasteiger partial charge in [0.1, 0.15) is 5.82 Å². The van der Waals surface area contributed by atoms with Crippen LogP contribution in [0.4, 0.5) is 5.95 Å². The molecule has 0 saturated heterocycles. The molecule has 4 heteroatoms. The van der Waals surface area contributed by atoms with Crippen molar-refractivity contribution in [3.8, 4) is 0 Å². The number of hydrogen-bond acceptors (Lipinski definition) is 3. The van der Waals surface area contributed by atoms with Crippen LogP contribution in [0.2, 0.25) is 0 Å². The standard InChI is InChI=1S/C11H14N4/c1-8-5-3-4-6-10(8)7-12-11-13-9(2)14-15-11/h3-6H,7H2,1-2H3,(H2,12,13,14,15). The first-order valence-corrected chi connectivity index (χ1v) is 4.93. The fourth-order valence-electron chi connectivity index (χ4n) is 1.40. The van der Waals surface area contributed by atoms with Gasteiger partial charge in [0.25, 0.3) is 0 Å². The number of nitrogens with zero attached hydrogens (tertiary/aromatic N) is 2. The molecule has 2 rings (SSSR count). The van der Waals surface area contributed by atoms with Crippen LogP contribution in [0.1, 0.15) is 17.0 Å². The zero-order chi connectivity index (χ0) is 10.7. The van der Waals surface area contributed by atoms with Gasteiger partial charge in [-0.05, 0) is 25.0 Å². The topological polar surface area (TPSA) is 53.6 Å². The number of benzene rings is 1. The van der Waals surface area contributed by atoms with Crippen molar-refractivity contribution >= 4 is 5.95 Å². The summed E-state index contributed by atoms with van der Waals surface area (Å²) >= 11 is 0. The van der Waals surface area contributed by atoms with E-state index in [0.717, 1.165) is 12.4 Å². The SMILES string of the molecule is Cc1nc(NCc2ccccc2C)n[nH]1. The van der Waals surface area contributed by atoms with Crippen molar-refractivity contribution in [2.75, 3.05) is 5.32 Å². The van der Waals surface area contributed by atoms with E-state index in [9.17, 15) is 0 Å². The highest BCUT2D eigenvalue weighted by atomic mass is 15.3. The average molecular weight is 202 g/mol. The minimum Gasteiger partial charge on any atom is -0.349 e. The maximum atomic E-state index is 4.18. The summed E-state index contributed by atoms with van der Waals surface area (Å²) in [6.45, 7) is 4.73. The average Bonchev–Trinajstić information content (AvgIpc) is 2.63. The molecule has 2 N–H and O–H groups in total. The summed E-state index contributed by atoms with van der Waals surface area (Å²) in [6, 6.07) is 8.27. The molecule has 0 aliphatic heterocycles. The third kappa shape index (κ3) is 2.34. The third-order valence-corrected chi connectivity index (χ3v) is 2.30. The second kappa shape index (κ2) is 4.13. The van der Waals surface area contributed by atoms with Gasteiger partial charge in [0, 0.05) is 6.54 Å². The summed E-state index contributed by atoms with van der Waals surface area (Å²) in [4.78, 5) is 4.18. The van der Waals surface area contributed by atoms with E-state index in [1.54, 1.807) is 0 Å². The largest absolute Gasteiger partial charge is 0.349 e. The smallest absolute Gasteiger partial charge is 0.242 e. The molecule has 0 atom stereocenters. The van der Waals surface area contributed by atoms with Crippen molar-refractivity contribution in [1.29, 1.82) is 0 Å². The number of rotatable bonds is 3. The molecule has 0 amide bonds. The Balaban J connectivity index is 2.02. The maximum Gasteiger partial charge on any atom is 0.242 e. The molecule has 0 spiro atoms. The first kappa shape index (κ1) is 9.71. The van der Waals surface area contributed by atoms with Gasteiger partial charge in [0.2, 0.25) is 5.95 Å². The molecule has 78 valence electrons. The van der Waals surface area contributed by atoms with Crippen molar-refractivity contribution in [3.63, 3.8) is 0 Å². The van der Waals surface area contributed by atoms with Crippen LogP contribution in [-0.4, -0.2) is 15.2 Å². The van der Waals surface area contributed by atoms with E-state index < -0.39 is 0 Å². The van der Waals surface area contributed by atoms with Crippen molar-refractivity contribution < 1.29 is 0 Å². The van der Waals surface area contributed by atoms with E-state index in [0.29, 0.717) is 5.95 Å². The van der Waals surface area contributed by atoms with Gasteiger partial charge < -0.3 is 5.32 Å². The summed E-state index contributed by atoms with van der Waals surface area (Å²) < 4.78 is 0. The molecule has 0 radical (unpaired) electrons. The number of anilines is 1. The van der Waals surface area contributed by atoms with Crippen molar-refractivity contribution in [2.45, 2.75) is 20.4 Å². The number of aryl methyl sites for hydroxylation is 2. The quantitative estimate of drug-likeness (QED) is 0.800. The van der Waals surface area contributed by atoms with Crippen LogP contribution in [0.25, 0.3) is 0 Å². The Bertz CT molecular complexity index is 447. The normalized spacial score (nSPS) is 10.3. The van der Waals surface area contributed by atoms with Crippen LogP contribution in [0.5, 0.6) is 0 Å². The minimum atomic E-state index is 0.649. The molecule has 0 fully saturated rings. The molecule has 4 nitrogen and oxygen atoms in total. The Kier molecular flexibility index (Phi) is 2.67. The molecule has 1 aromatic carbocycles. The molecule has 1 heterocycles. The number of hydrogen-bond donors (Lipinski definition) is 2. The Labute approximate surface area is 88.8 Å².